The molecule has 4 rings (SSSR count). The van der Waals surface area contributed by atoms with Crippen LogP contribution in [0, 0.1) is 5.92 Å². The van der Waals surface area contributed by atoms with E-state index in [1.807, 2.05) is 11.9 Å². The number of hydrogen-bond acceptors (Lipinski definition) is 3. The molecule has 7 heteroatoms. The van der Waals surface area contributed by atoms with Gasteiger partial charge in [0.05, 0.1) is 10.0 Å². The largest absolute Gasteiger partial charge is 0.484 e. The highest BCUT2D eigenvalue weighted by atomic mass is 35.5. The van der Waals surface area contributed by atoms with Gasteiger partial charge in [0.2, 0.25) is 0 Å². The summed E-state index contributed by atoms with van der Waals surface area (Å²) in [5.74, 6) is 0.940. The summed E-state index contributed by atoms with van der Waals surface area (Å²) in [5, 5.41) is 4.63. The van der Waals surface area contributed by atoms with Crippen molar-refractivity contribution >= 4 is 41.5 Å². The molecule has 31 heavy (non-hydrogen) atoms. The molecule has 1 heterocycles. The summed E-state index contributed by atoms with van der Waals surface area (Å²) in [6.07, 6.45) is 5.59. The summed E-state index contributed by atoms with van der Waals surface area (Å²) in [6, 6.07) is 14.3. The first-order valence-electron chi connectivity index (χ1n) is 10.7. The Bertz CT molecular complexity index is 908. The number of hydrogen-bond donors (Lipinski definition) is 1. The number of carbonyl (C=O) groups excluding carboxylic acids is 1. The second kappa shape index (κ2) is 10.9. The Hall–Kier alpha value is -1.46. The van der Waals surface area contributed by atoms with Crippen LogP contribution < -0.4 is 10.1 Å². The van der Waals surface area contributed by atoms with Gasteiger partial charge in [-0.3, -0.25) is 4.79 Å². The summed E-state index contributed by atoms with van der Waals surface area (Å²) < 4.78 is 5.70. The van der Waals surface area contributed by atoms with Crippen molar-refractivity contribution in [1.82, 2.24) is 10.2 Å². The van der Waals surface area contributed by atoms with E-state index in [1.165, 1.54) is 17.5 Å². The Morgan fingerprint density at radius 2 is 1.90 bits per heavy atom. The van der Waals surface area contributed by atoms with E-state index >= 15 is 0 Å². The highest BCUT2D eigenvalue weighted by molar-refractivity contribution is 6.42. The molecule has 0 saturated heterocycles. The zero-order valence-electron chi connectivity index (χ0n) is 17.7. The van der Waals surface area contributed by atoms with Crippen LogP contribution in [0.15, 0.2) is 42.5 Å². The number of fused-ring (bicyclic) bond motifs is 1. The van der Waals surface area contributed by atoms with Gasteiger partial charge in [0.15, 0.2) is 6.61 Å². The average molecular weight is 484 g/mol. The third kappa shape index (κ3) is 5.48. The summed E-state index contributed by atoms with van der Waals surface area (Å²) in [6.45, 7) is 0.982. The van der Waals surface area contributed by atoms with Gasteiger partial charge in [0.1, 0.15) is 5.75 Å². The maximum Gasteiger partial charge on any atom is 0.260 e. The SMILES string of the molecule is CN(C(=O)COc1ccc(Cl)c(Cl)c1)[C@@H]1CCCC[C@H]1C1NCCc2ccccc21.Cl. The fourth-order valence-electron chi connectivity index (χ4n) is 4.93. The van der Waals surface area contributed by atoms with Crippen LogP contribution in [-0.4, -0.2) is 37.0 Å². The van der Waals surface area contributed by atoms with Crippen molar-refractivity contribution in [3.8, 4) is 5.75 Å². The quantitative estimate of drug-likeness (QED) is 0.593. The number of nitrogens with zero attached hydrogens (tertiary/aromatic N) is 1. The summed E-state index contributed by atoms with van der Waals surface area (Å²) in [5.41, 5.74) is 2.83. The Morgan fingerprint density at radius 3 is 2.71 bits per heavy atom. The van der Waals surface area contributed by atoms with Crippen molar-refractivity contribution in [2.75, 3.05) is 20.2 Å². The Balaban J connectivity index is 0.00000272. The molecule has 2 aromatic rings. The molecule has 0 radical (unpaired) electrons. The number of likely N-dealkylation sites (N-methyl/N-ethyl adjacent to an activating group) is 1. The molecule has 2 aliphatic rings. The van der Waals surface area contributed by atoms with Gasteiger partial charge in [-0.25, -0.2) is 0 Å². The number of benzene rings is 2. The van der Waals surface area contributed by atoms with Crippen LogP contribution in [0.1, 0.15) is 42.9 Å². The number of ether oxygens (including phenoxy) is 1. The Labute approximate surface area is 200 Å². The van der Waals surface area contributed by atoms with Gasteiger partial charge in [-0.05, 0) is 55.0 Å². The van der Waals surface area contributed by atoms with Crippen molar-refractivity contribution in [2.24, 2.45) is 5.92 Å². The Morgan fingerprint density at radius 1 is 1.13 bits per heavy atom. The minimum atomic E-state index is -0.0120. The maximum atomic E-state index is 13.0. The lowest BCUT2D eigenvalue weighted by Gasteiger charge is -2.44. The lowest BCUT2D eigenvalue weighted by molar-refractivity contribution is -0.136. The lowest BCUT2D eigenvalue weighted by Crippen LogP contribution is -2.50. The number of halogens is 3. The zero-order valence-corrected chi connectivity index (χ0v) is 20.0. The van der Waals surface area contributed by atoms with Crippen LogP contribution in [-0.2, 0) is 11.2 Å². The first kappa shape index (κ1) is 24.2. The van der Waals surface area contributed by atoms with E-state index in [0.29, 0.717) is 27.8 Å². The first-order valence-corrected chi connectivity index (χ1v) is 11.4. The Kier molecular flexibility index (Phi) is 8.51. The molecule has 2 aromatic carbocycles. The van der Waals surface area contributed by atoms with Gasteiger partial charge < -0.3 is 15.0 Å². The molecular weight excluding hydrogens is 455 g/mol. The van der Waals surface area contributed by atoms with Crippen LogP contribution in [0.2, 0.25) is 10.0 Å². The molecule has 1 aliphatic carbocycles. The second-order valence-electron chi connectivity index (χ2n) is 8.27. The maximum absolute atomic E-state index is 13.0. The monoisotopic (exact) mass is 482 g/mol. The predicted octanol–water partition coefficient (Wildman–Crippen LogP) is 5.70. The van der Waals surface area contributed by atoms with Crippen molar-refractivity contribution < 1.29 is 9.53 Å². The fourth-order valence-corrected chi connectivity index (χ4v) is 5.22. The van der Waals surface area contributed by atoms with E-state index in [4.69, 9.17) is 27.9 Å². The normalized spacial score (nSPS) is 22.7. The van der Waals surface area contributed by atoms with E-state index in [2.05, 4.69) is 29.6 Å². The molecule has 4 nitrogen and oxygen atoms in total. The number of amides is 1. The zero-order chi connectivity index (χ0) is 21.1. The van der Waals surface area contributed by atoms with Gasteiger partial charge in [0.25, 0.3) is 5.91 Å². The molecule has 3 atom stereocenters. The summed E-state index contributed by atoms with van der Waals surface area (Å²) >= 11 is 12.0. The van der Waals surface area contributed by atoms with Crippen LogP contribution in [0.25, 0.3) is 0 Å². The molecular formula is C24H29Cl3N2O2. The smallest absolute Gasteiger partial charge is 0.260 e. The topological polar surface area (TPSA) is 41.6 Å². The second-order valence-corrected chi connectivity index (χ2v) is 9.08. The standard InChI is InChI=1S/C24H28Cl2N2O2.ClH/c1-28(23(29)15-30-17-10-11-20(25)21(26)14-17)22-9-5-4-8-19(22)24-18-7-3-2-6-16(18)12-13-27-24;/h2-3,6-7,10-11,14,19,22,24,27H,4-5,8-9,12-13,15H2,1H3;1H/t19-,22-,24?;/m1./s1. The van der Waals surface area contributed by atoms with Gasteiger partial charge in [0, 0.05) is 25.2 Å². The lowest BCUT2D eigenvalue weighted by atomic mass is 9.74. The molecule has 0 bridgehead atoms. The van der Waals surface area contributed by atoms with E-state index in [9.17, 15) is 4.79 Å². The number of rotatable bonds is 5. The van der Waals surface area contributed by atoms with Gasteiger partial charge in [-0.2, -0.15) is 0 Å². The van der Waals surface area contributed by atoms with Crippen LogP contribution in [0.5, 0.6) is 5.75 Å². The minimum absolute atomic E-state index is 0. The van der Waals surface area contributed by atoms with Crippen LogP contribution in [0.4, 0.5) is 0 Å². The highest BCUT2D eigenvalue weighted by Crippen LogP contribution is 2.39. The molecule has 0 spiro atoms. The van der Waals surface area contributed by atoms with Gasteiger partial charge >= 0.3 is 0 Å². The molecule has 1 unspecified atom stereocenters. The third-order valence-electron chi connectivity index (χ3n) is 6.50. The van der Waals surface area contributed by atoms with Gasteiger partial charge in [-0.15, -0.1) is 12.4 Å². The summed E-state index contributed by atoms with van der Waals surface area (Å²) in [4.78, 5) is 14.9. The van der Waals surface area contributed by atoms with Crippen molar-refractivity contribution in [1.29, 1.82) is 0 Å². The molecule has 1 saturated carbocycles. The molecule has 0 aromatic heterocycles. The number of nitrogens with one attached hydrogen (secondary N) is 1. The van der Waals surface area contributed by atoms with E-state index in [1.54, 1.807) is 18.2 Å². The fraction of sp³-hybridized carbons (Fsp3) is 0.458. The highest BCUT2D eigenvalue weighted by Gasteiger charge is 2.38. The van der Waals surface area contributed by atoms with Crippen LogP contribution in [0.3, 0.4) is 0 Å². The average Bonchev–Trinajstić information content (AvgIpc) is 2.78. The van der Waals surface area contributed by atoms with Crippen LogP contribution >= 0.6 is 35.6 Å². The van der Waals surface area contributed by atoms with Gasteiger partial charge in [-0.1, -0.05) is 60.3 Å². The van der Waals surface area contributed by atoms with Crippen molar-refractivity contribution in [2.45, 2.75) is 44.2 Å². The number of carbonyl (C=O) groups is 1. The van der Waals surface area contributed by atoms with Crippen molar-refractivity contribution in [3.05, 3.63) is 63.6 Å². The molecule has 1 fully saturated rings. The van der Waals surface area contributed by atoms with E-state index < -0.39 is 0 Å². The van der Waals surface area contributed by atoms with Crippen molar-refractivity contribution in [3.63, 3.8) is 0 Å². The third-order valence-corrected chi connectivity index (χ3v) is 7.24. The minimum Gasteiger partial charge on any atom is -0.484 e. The molecule has 1 amide bonds. The summed E-state index contributed by atoms with van der Waals surface area (Å²) in [7, 11) is 1.91. The molecule has 1 N–H and O–H groups in total. The van der Waals surface area contributed by atoms with E-state index in [0.717, 1.165) is 32.2 Å². The van der Waals surface area contributed by atoms with E-state index in [-0.39, 0.29) is 31.0 Å². The predicted molar refractivity (Wildman–Crippen MR) is 129 cm³/mol. The first-order chi connectivity index (χ1) is 14.5. The molecule has 168 valence electrons. The molecule has 1 aliphatic heterocycles.